The lowest BCUT2D eigenvalue weighted by molar-refractivity contribution is -0.305. The van der Waals surface area contributed by atoms with E-state index in [0.717, 1.165) is 5.75 Å². The van der Waals surface area contributed by atoms with Crippen molar-refractivity contribution in [1.29, 1.82) is 0 Å². The van der Waals surface area contributed by atoms with Gasteiger partial charge in [0.05, 0.1) is 6.61 Å². The van der Waals surface area contributed by atoms with Crippen molar-refractivity contribution in [2.75, 3.05) is 11.9 Å². The molecule has 98 valence electrons. The van der Waals surface area contributed by atoms with E-state index in [4.69, 9.17) is 4.74 Å². The van der Waals surface area contributed by atoms with Gasteiger partial charge in [-0.2, -0.15) is 0 Å². The molecular formula is C13H16NO4-. The van der Waals surface area contributed by atoms with Crippen LogP contribution in [0.2, 0.25) is 0 Å². The predicted octanol–water partition coefficient (Wildman–Crippen LogP) is 0.944. The topological polar surface area (TPSA) is 78.5 Å². The fourth-order valence-corrected chi connectivity index (χ4v) is 1.42. The van der Waals surface area contributed by atoms with Gasteiger partial charge in [0.25, 0.3) is 0 Å². The van der Waals surface area contributed by atoms with E-state index in [9.17, 15) is 14.7 Å². The molecule has 0 heterocycles. The maximum Gasteiger partial charge on any atom is 0.224 e. The molecule has 5 nitrogen and oxygen atoms in total. The van der Waals surface area contributed by atoms with Gasteiger partial charge in [-0.05, 0) is 44.0 Å². The van der Waals surface area contributed by atoms with Gasteiger partial charge in [0.15, 0.2) is 0 Å². The molecule has 0 saturated heterocycles. The van der Waals surface area contributed by atoms with E-state index in [1.165, 1.54) is 0 Å². The van der Waals surface area contributed by atoms with Crippen LogP contribution in [0.1, 0.15) is 26.2 Å². The van der Waals surface area contributed by atoms with Gasteiger partial charge in [-0.3, -0.25) is 4.79 Å². The second-order valence-electron chi connectivity index (χ2n) is 3.73. The number of carboxylic acid groups (broad SMARTS) is 1. The fourth-order valence-electron chi connectivity index (χ4n) is 1.42. The molecular weight excluding hydrogens is 234 g/mol. The highest BCUT2D eigenvalue weighted by Gasteiger charge is 2.02. The molecule has 1 N–H and O–H groups in total. The third-order valence-corrected chi connectivity index (χ3v) is 2.23. The number of carbonyl (C=O) groups excluding carboxylic acids is 2. The zero-order valence-corrected chi connectivity index (χ0v) is 10.3. The van der Waals surface area contributed by atoms with Crippen LogP contribution < -0.4 is 15.2 Å². The van der Waals surface area contributed by atoms with Gasteiger partial charge in [-0.1, -0.05) is 0 Å². The highest BCUT2D eigenvalue weighted by atomic mass is 16.5. The molecule has 18 heavy (non-hydrogen) atoms. The van der Waals surface area contributed by atoms with Crippen molar-refractivity contribution in [3.05, 3.63) is 24.3 Å². The van der Waals surface area contributed by atoms with E-state index >= 15 is 0 Å². The average molecular weight is 250 g/mol. The lowest BCUT2D eigenvalue weighted by Gasteiger charge is -2.07. The number of nitrogens with one attached hydrogen (secondary N) is 1. The van der Waals surface area contributed by atoms with Crippen molar-refractivity contribution in [3.63, 3.8) is 0 Å². The Balaban J connectivity index is 2.37. The molecule has 0 bridgehead atoms. The normalized spacial score (nSPS) is 9.83. The first-order valence-electron chi connectivity index (χ1n) is 5.84. The van der Waals surface area contributed by atoms with Crippen LogP contribution in [0, 0.1) is 0 Å². The number of rotatable bonds is 7. The van der Waals surface area contributed by atoms with Gasteiger partial charge >= 0.3 is 0 Å². The zero-order valence-electron chi connectivity index (χ0n) is 10.3. The number of benzene rings is 1. The number of amides is 1. The molecule has 1 aromatic carbocycles. The SMILES string of the molecule is CCOc1ccc(NC(=O)CCCC(=O)[O-])cc1. The van der Waals surface area contributed by atoms with Crippen molar-refractivity contribution in [2.24, 2.45) is 0 Å². The third kappa shape index (κ3) is 5.34. The third-order valence-electron chi connectivity index (χ3n) is 2.23. The van der Waals surface area contributed by atoms with E-state index in [0.29, 0.717) is 12.3 Å². The number of aliphatic carboxylic acids is 1. The summed E-state index contributed by atoms with van der Waals surface area (Å²) in [6, 6.07) is 7.00. The molecule has 0 saturated carbocycles. The molecule has 5 heteroatoms. The van der Waals surface area contributed by atoms with Crippen molar-refractivity contribution in [1.82, 2.24) is 0 Å². The Kier molecular flexibility index (Phi) is 5.70. The summed E-state index contributed by atoms with van der Waals surface area (Å²) in [7, 11) is 0. The average Bonchev–Trinajstić information content (AvgIpc) is 2.31. The second kappa shape index (κ2) is 7.32. The Morgan fingerprint density at radius 3 is 2.44 bits per heavy atom. The first kappa shape index (κ1) is 14.0. The molecule has 0 fully saturated rings. The van der Waals surface area contributed by atoms with Gasteiger partial charge in [0.2, 0.25) is 5.91 Å². The van der Waals surface area contributed by atoms with Gasteiger partial charge < -0.3 is 20.0 Å². The van der Waals surface area contributed by atoms with E-state index < -0.39 is 5.97 Å². The van der Waals surface area contributed by atoms with Crippen LogP contribution in [0.4, 0.5) is 5.69 Å². The van der Waals surface area contributed by atoms with Crippen LogP contribution in [0.3, 0.4) is 0 Å². The van der Waals surface area contributed by atoms with E-state index in [-0.39, 0.29) is 25.2 Å². The molecule has 0 aliphatic rings. The first-order valence-corrected chi connectivity index (χ1v) is 5.84. The smallest absolute Gasteiger partial charge is 0.224 e. The highest BCUT2D eigenvalue weighted by molar-refractivity contribution is 5.90. The summed E-state index contributed by atoms with van der Waals surface area (Å²) in [5.41, 5.74) is 0.664. The number of anilines is 1. The molecule has 0 atom stereocenters. The lowest BCUT2D eigenvalue weighted by atomic mass is 10.2. The first-order chi connectivity index (χ1) is 8.61. The number of hydrogen-bond donors (Lipinski definition) is 1. The maximum atomic E-state index is 11.4. The summed E-state index contributed by atoms with van der Waals surface area (Å²) < 4.78 is 5.27. The van der Waals surface area contributed by atoms with Crippen LogP contribution in [-0.4, -0.2) is 18.5 Å². The summed E-state index contributed by atoms with van der Waals surface area (Å²) in [6.45, 7) is 2.49. The minimum atomic E-state index is -1.14. The molecule has 0 spiro atoms. The number of ether oxygens (including phenoxy) is 1. The molecule has 0 aliphatic carbocycles. The molecule has 1 amide bonds. The Hall–Kier alpha value is -2.04. The summed E-state index contributed by atoms with van der Waals surface area (Å²) in [5, 5.41) is 12.9. The highest BCUT2D eigenvalue weighted by Crippen LogP contribution is 2.15. The van der Waals surface area contributed by atoms with Crippen LogP contribution in [0.5, 0.6) is 5.75 Å². The van der Waals surface area contributed by atoms with Crippen LogP contribution in [-0.2, 0) is 9.59 Å². The summed E-state index contributed by atoms with van der Waals surface area (Å²) >= 11 is 0. The molecule has 1 rings (SSSR count). The van der Waals surface area contributed by atoms with Crippen LogP contribution in [0.15, 0.2) is 24.3 Å². The maximum absolute atomic E-state index is 11.4. The minimum Gasteiger partial charge on any atom is -0.550 e. The summed E-state index contributed by atoms with van der Waals surface area (Å²) in [5.74, 6) is -0.600. The standard InChI is InChI=1S/C13H17NO4/c1-2-18-11-8-6-10(7-9-11)14-12(15)4-3-5-13(16)17/h6-9H,2-5H2,1H3,(H,14,15)(H,16,17)/p-1. The van der Waals surface area contributed by atoms with Crippen molar-refractivity contribution in [3.8, 4) is 5.75 Å². The summed E-state index contributed by atoms with van der Waals surface area (Å²) in [6.07, 6.45) is 0.350. The van der Waals surface area contributed by atoms with Gasteiger partial charge in [0, 0.05) is 18.1 Å². The fraction of sp³-hybridized carbons (Fsp3) is 0.385. The van der Waals surface area contributed by atoms with E-state index in [2.05, 4.69) is 5.32 Å². The largest absolute Gasteiger partial charge is 0.550 e. The Labute approximate surface area is 106 Å². The Bertz CT molecular complexity index is 400. The van der Waals surface area contributed by atoms with Crippen molar-refractivity contribution >= 4 is 17.6 Å². The van der Waals surface area contributed by atoms with Gasteiger partial charge in [-0.15, -0.1) is 0 Å². The van der Waals surface area contributed by atoms with Gasteiger partial charge in [-0.25, -0.2) is 0 Å². The molecule has 0 aromatic heterocycles. The van der Waals surface area contributed by atoms with Gasteiger partial charge in [0.1, 0.15) is 5.75 Å². The number of hydrogen-bond acceptors (Lipinski definition) is 4. The van der Waals surface area contributed by atoms with Crippen molar-refractivity contribution in [2.45, 2.75) is 26.2 Å². The molecule has 1 aromatic rings. The molecule has 0 radical (unpaired) electrons. The quantitative estimate of drug-likeness (QED) is 0.781. The molecule has 0 unspecified atom stereocenters. The minimum absolute atomic E-state index is 0.100. The van der Waals surface area contributed by atoms with E-state index in [1.807, 2.05) is 6.92 Å². The number of carboxylic acids is 1. The van der Waals surface area contributed by atoms with Crippen LogP contribution in [0.25, 0.3) is 0 Å². The Morgan fingerprint density at radius 2 is 1.89 bits per heavy atom. The summed E-state index contributed by atoms with van der Waals surface area (Å²) in [4.78, 5) is 21.6. The Morgan fingerprint density at radius 1 is 1.22 bits per heavy atom. The lowest BCUT2D eigenvalue weighted by Crippen LogP contribution is -2.22. The van der Waals surface area contributed by atoms with Crippen molar-refractivity contribution < 1.29 is 19.4 Å². The number of carbonyl (C=O) groups is 2. The zero-order chi connectivity index (χ0) is 13.4. The molecule has 0 aliphatic heterocycles. The second-order valence-corrected chi connectivity index (χ2v) is 3.73. The predicted molar refractivity (Wildman–Crippen MR) is 65.1 cm³/mol. The van der Waals surface area contributed by atoms with E-state index in [1.54, 1.807) is 24.3 Å². The van der Waals surface area contributed by atoms with Crippen LogP contribution >= 0.6 is 0 Å². The monoisotopic (exact) mass is 250 g/mol.